The van der Waals surface area contributed by atoms with Crippen LogP contribution in [0.2, 0.25) is 5.02 Å². The van der Waals surface area contributed by atoms with Crippen molar-refractivity contribution in [3.63, 3.8) is 0 Å². The zero-order chi connectivity index (χ0) is 20.4. The number of thioether (sulfide) groups is 1. The lowest BCUT2D eigenvalue weighted by Crippen LogP contribution is -2.47. The molecule has 1 saturated carbocycles. The van der Waals surface area contributed by atoms with E-state index in [0.29, 0.717) is 22.6 Å². The highest BCUT2D eigenvalue weighted by atomic mass is 35.5. The number of carbonyl (C=O) groups is 1. The quantitative estimate of drug-likeness (QED) is 0.547. The average Bonchev–Trinajstić information content (AvgIpc) is 3.40. The Morgan fingerprint density at radius 1 is 1.28 bits per heavy atom. The molecule has 1 amide bonds. The minimum atomic E-state index is -0.0107. The highest BCUT2D eigenvalue weighted by molar-refractivity contribution is 7.99. The first-order chi connectivity index (χ1) is 14.0. The predicted molar refractivity (Wildman–Crippen MR) is 112 cm³/mol. The van der Waals surface area contributed by atoms with Crippen LogP contribution in [-0.2, 0) is 11.4 Å². The maximum Gasteiger partial charge on any atom is 0.230 e. The SMILES string of the molecule is CC1NNC(C)C1NC(=O)CSc1nnc(COc2ccccc2Cl)n1C1CC1. The Labute approximate surface area is 179 Å². The van der Waals surface area contributed by atoms with Crippen LogP contribution in [0.25, 0.3) is 0 Å². The van der Waals surface area contributed by atoms with Crippen molar-refractivity contribution in [3.05, 3.63) is 35.1 Å². The molecule has 1 aromatic heterocycles. The number of nitrogens with one attached hydrogen (secondary N) is 3. The molecule has 1 saturated heterocycles. The Morgan fingerprint density at radius 2 is 2.00 bits per heavy atom. The van der Waals surface area contributed by atoms with Crippen LogP contribution in [-0.4, -0.2) is 44.6 Å². The standard InChI is InChI=1S/C19H25ClN6O2S/c1-11-18(12(2)23-22-11)21-17(27)10-29-19-25-24-16(26(19)13-7-8-13)9-28-15-6-4-3-5-14(15)20/h3-6,11-13,18,22-23H,7-10H2,1-2H3,(H,21,27). The van der Waals surface area contributed by atoms with E-state index in [4.69, 9.17) is 16.3 Å². The van der Waals surface area contributed by atoms with Gasteiger partial charge in [0.15, 0.2) is 11.0 Å². The van der Waals surface area contributed by atoms with Gasteiger partial charge in [-0.2, -0.15) is 0 Å². The minimum absolute atomic E-state index is 0.0107. The first-order valence-corrected chi connectivity index (χ1v) is 11.1. The molecule has 0 spiro atoms. The summed E-state index contributed by atoms with van der Waals surface area (Å²) in [6.45, 7) is 4.38. The Morgan fingerprint density at radius 3 is 2.69 bits per heavy atom. The summed E-state index contributed by atoms with van der Waals surface area (Å²) in [4.78, 5) is 12.4. The van der Waals surface area contributed by atoms with Gasteiger partial charge in [-0.3, -0.25) is 20.2 Å². The van der Waals surface area contributed by atoms with Crippen molar-refractivity contribution in [2.24, 2.45) is 0 Å². The molecule has 1 aliphatic carbocycles. The van der Waals surface area contributed by atoms with Gasteiger partial charge in [-0.15, -0.1) is 10.2 Å². The Bertz CT molecular complexity index is 864. The van der Waals surface area contributed by atoms with E-state index in [1.807, 2.05) is 32.0 Å². The highest BCUT2D eigenvalue weighted by Gasteiger charge is 2.32. The second kappa shape index (κ2) is 8.91. The van der Waals surface area contributed by atoms with E-state index in [1.54, 1.807) is 6.07 Å². The van der Waals surface area contributed by atoms with Crippen LogP contribution in [0.5, 0.6) is 5.75 Å². The van der Waals surface area contributed by atoms with Crippen LogP contribution in [0.4, 0.5) is 0 Å². The van der Waals surface area contributed by atoms with Gasteiger partial charge in [0, 0.05) is 18.1 Å². The number of ether oxygens (including phenoxy) is 1. The van der Waals surface area contributed by atoms with E-state index in [0.717, 1.165) is 23.8 Å². The number of carbonyl (C=O) groups excluding carboxylic acids is 1. The first-order valence-electron chi connectivity index (χ1n) is 9.77. The molecule has 0 bridgehead atoms. The predicted octanol–water partition coefficient (Wildman–Crippen LogP) is 2.31. The molecule has 2 aromatic rings. The number of benzene rings is 1. The molecule has 2 unspecified atom stereocenters. The summed E-state index contributed by atoms with van der Waals surface area (Å²) >= 11 is 7.57. The maximum atomic E-state index is 12.4. The van der Waals surface area contributed by atoms with Gasteiger partial charge in [-0.05, 0) is 38.8 Å². The van der Waals surface area contributed by atoms with E-state index in [2.05, 4.69) is 30.9 Å². The number of hydrogen-bond donors (Lipinski definition) is 3. The van der Waals surface area contributed by atoms with E-state index in [9.17, 15) is 4.79 Å². The summed E-state index contributed by atoms with van der Waals surface area (Å²) in [6, 6.07) is 8.16. The maximum absolute atomic E-state index is 12.4. The third-order valence-electron chi connectivity index (χ3n) is 5.12. The number of para-hydroxylation sites is 1. The molecule has 3 N–H and O–H groups in total. The van der Waals surface area contributed by atoms with Crippen LogP contribution in [0.3, 0.4) is 0 Å². The number of aromatic nitrogens is 3. The van der Waals surface area contributed by atoms with Crippen LogP contribution in [0, 0.1) is 0 Å². The third-order valence-corrected chi connectivity index (χ3v) is 6.37. The van der Waals surface area contributed by atoms with Crippen molar-refractivity contribution in [2.75, 3.05) is 5.75 Å². The number of halogens is 1. The third kappa shape index (κ3) is 4.85. The molecule has 0 radical (unpaired) electrons. The van der Waals surface area contributed by atoms with Gasteiger partial charge in [0.2, 0.25) is 5.91 Å². The first kappa shape index (κ1) is 20.5. The van der Waals surface area contributed by atoms with Crippen molar-refractivity contribution in [3.8, 4) is 5.75 Å². The molecule has 10 heteroatoms. The highest BCUT2D eigenvalue weighted by Crippen LogP contribution is 2.39. The van der Waals surface area contributed by atoms with E-state index in [-0.39, 0.29) is 30.6 Å². The van der Waals surface area contributed by atoms with E-state index in [1.165, 1.54) is 11.8 Å². The second-order valence-corrected chi connectivity index (χ2v) is 8.82. The molecule has 1 aliphatic heterocycles. The molecule has 2 heterocycles. The number of nitrogens with zero attached hydrogens (tertiary/aromatic N) is 3. The van der Waals surface area contributed by atoms with Gasteiger partial charge in [-0.1, -0.05) is 35.5 Å². The van der Waals surface area contributed by atoms with Crippen molar-refractivity contribution >= 4 is 29.3 Å². The molecular formula is C19H25ClN6O2S. The summed E-state index contributed by atoms with van der Waals surface area (Å²) in [5.74, 6) is 1.66. The lowest BCUT2D eigenvalue weighted by atomic mass is 10.1. The molecule has 2 aliphatic rings. The van der Waals surface area contributed by atoms with Crippen molar-refractivity contribution in [2.45, 2.75) is 62.6 Å². The molecule has 4 rings (SSSR count). The number of hydrazine groups is 1. The molecule has 2 atom stereocenters. The zero-order valence-electron chi connectivity index (χ0n) is 16.4. The monoisotopic (exact) mass is 436 g/mol. The van der Waals surface area contributed by atoms with Crippen LogP contribution in [0.15, 0.2) is 29.4 Å². The van der Waals surface area contributed by atoms with Gasteiger partial charge >= 0.3 is 0 Å². The lowest BCUT2D eigenvalue weighted by Gasteiger charge is -2.19. The number of amides is 1. The Hall–Kier alpha value is -1.81. The number of hydrogen-bond acceptors (Lipinski definition) is 7. The summed E-state index contributed by atoms with van der Waals surface area (Å²) in [5, 5.41) is 13.0. The van der Waals surface area contributed by atoms with Crippen LogP contribution in [0.1, 0.15) is 38.6 Å². The summed E-state index contributed by atoms with van der Waals surface area (Å²) < 4.78 is 7.93. The largest absolute Gasteiger partial charge is 0.484 e. The second-order valence-electron chi connectivity index (χ2n) is 7.47. The molecule has 8 nitrogen and oxygen atoms in total. The fourth-order valence-electron chi connectivity index (χ4n) is 3.39. The molecule has 2 fully saturated rings. The van der Waals surface area contributed by atoms with Crippen molar-refractivity contribution in [1.82, 2.24) is 30.9 Å². The fraction of sp³-hybridized carbons (Fsp3) is 0.526. The minimum Gasteiger partial charge on any atom is -0.484 e. The van der Waals surface area contributed by atoms with Gasteiger partial charge in [0.1, 0.15) is 12.4 Å². The fourth-order valence-corrected chi connectivity index (χ4v) is 4.42. The lowest BCUT2D eigenvalue weighted by molar-refractivity contribution is -0.119. The Balaban J connectivity index is 1.37. The average molecular weight is 437 g/mol. The Kier molecular flexibility index (Phi) is 6.29. The summed E-state index contributed by atoms with van der Waals surface area (Å²) in [5.41, 5.74) is 6.29. The smallest absolute Gasteiger partial charge is 0.230 e. The summed E-state index contributed by atoms with van der Waals surface area (Å²) in [7, 11) is 0. The van der Waals surface area contributed by atoms with Gasteiger partial charge in [0.05, 0.1) is 16.8 Å². The molecule has 156 valence electrons. The van der Waals surface area contributed by atoms with E-state index >= 15 is 0 Å². The molecular weight excluding hydrogens is 412 g/mol. The van der Waals surface area contributed by atoms with Gasteiger partial charge < -0.3 is 10.1 Å². The number of rotatable bonds is 8. The molecule has 1 aromatic carbocycles. The van der Waals surface area contributed by atoms with Crippen LogP contribution >= 0.6 is 23.4 Å². The van der Waals surface area contributed by atoms with E-state index < -0.39 is 0 Å². The molecule has 29 heavy (non-hydrogen) atoms. The summed E-state index contributed by atoms with van der Waals surface area (Å²) in [6.07, 6.45) is 2.18. The van der Waals surface area contributed by atoms with Crippen LogP contribution < -0.4 is 20.9 Å². The van der Waals surface area contributed by atoms with Crippen molar-refractivity contribution < 1.29 is 9.53 Å². The van der Waals surface area contributed by atoms with Gasteiger partial charge in [0.25, 0.3) is 0 Å². The zero-order valence-corrected chi connectivity index (χ0v) is 18.0. The van der Waals surface area contributed by atoms with Gasteiger partial charge in [-0.25, -0.2) is 0 Å². The topological polar surface area (TPSA) is 93.1 Å². The normalized spacial score (nSPS) is 23.9. The van der Waals surface area contributed by atoms with Crippen molar-refractivity contribution in [1.29, 1.82) is 0 Å².